The van der Waals surface area contributed by atoms with Crippen LogP contribution in [0, 0.1) is 15.9 Å². The Bertz CT molecular complexity index is 558. The summed E-state index contributed by atoms with van der Waals surface area (Å²) in [7, 11) is -4.01. The molecule has 1 aromatic rings. The van der Waals surface area contributed by atoms with Gasteiger partial charge in [0.2, 0.25) is 15.8 Å². The molecule has 0 aromatic heterocycles. The van der Waals surface area contributed by atoms with Crippen molar-refractivity contribution in [3.63, 3.8) is 0 Å². The van der Waals surface area contributed by atoms with Gasteiger partial charge in [0, 0.05) is 12.6 Å². The number of aliphatic hydroxyl groups excluding tert-OH is 1. The molecule has 1 unspecified atom stereocenters. The number of nitrogens with zero attached hydrogens (tertiary/aromatic N) is 1. The van der Waals surface area contributed by atoms with E-state index < -0.39 is 37.5 Å². The molecule has 18 heavy (non-hydrogen) atoms. The maximum atomic E-state index is 13.0. The first-order chi connectivity index (χ1) is 8.24. The summed E-state index contributed by atoms with van der Waals surface area (Å²) in [5.74, 6) is -1.12. The third kappa shape index (κ3) is 3.45. The van der Waals surface area contributed by atoms with Crippen molar-refractivity contribution in [1.82, 2.24) is 4.72 Å². The standard InChI is InChI=1S/C9H11FN2O5S/c1-6(13)5-11-18(16,17)7-2-3-8(10)9(4-7)12(14)15/h2-4,6,11,13H,5H2,1H3. The van der Waals surface area contributed by atoms with E-state index in [0.29, 0.717) is 12.1 Å². The summed E-state index contributed by atoms with van der Waals surface area (Å²) in [6.45, 7) is 1.13. The summed E-state index contributed by atoms with van der Waals surface area (Å²) in [4.78, 5) is 9.03. The van der Waals surface area contributed by atoms with Gasteiger partial charge in [-0.25, -0.2) is 13.1 Å². The quantitative estimate of drug-likeness (QED) is 0.598. The zero-order chi connectivity index (χ0) is 13.9. The number of hydrogen-bond donors (Lipinski definition) is 2. The number of halogens is 1. The van der Waals surface area contributed by atoms with Gasteiger partial charge in [0.1, 0.15) is 0 Å². The number of nitrogens with one attached hydrogen (secondary N) is 1. The molecule has 0 radical (unpaired) electrons. The van der Waals surface area contributed by atoms with Crippen molar-refractivity contribution in [2.45, 2.75) is 17.9 Å². The van der Waals surface area contributed by atoms with Crippen LogP contribution in [0.15, 0.2) is 23.1 Å². The second kappa shape index (κ2) is 5.38. The maximum absolute atomic E-state index is 13.0. The highest BCUT2D eigenvalue weighted by molar-refractivity contribution is 7.89. The van der Waals surface area contributed by atoms with Crippen LogP contribution in [0.3, 0.4) is 0 Å². The average Bonchev–Trinajstić information content (AvgIpc) is 2.26. The summed E-state index contributed by atoms with van der Waals surface area (Å²) in [6.07, 6.45) is -0.907. The number of benzene rings is 1. The van der Waals surface area contributed by atoms with Crippen molar-refractivity contribution in [2.24, 2.45) is 0 Å². The van der Waals surface area contributed by atoms with Gasteiger partial charge in [0.15, 0.2) is 0 Å². The van der Waals surface area contributed by atoms with Crippen LogP contribution in [0.25, 0.3) is 0 Å². The van der Waals surface area contributed by atoms with Crippen LogP contribution in [-0.2, 0) is 10.0 Å². The van der Waals surface area contributed by atoms with Gasteiger partial charge >= 0.3 is 5.69 Å². The fourth-order valence-corrected chi connectivity index (χ4v) is 2.25. The molecule has 9 heteroatoms. The topological polar surface area (TPSA) is 110 Å². The molecule has 0 aliphatic heterocycles. The predicted molar refractivity (Wildman–Crippen MR) is 59.9 cm³/mol. The number of nitro benzene ring substituents is 1. The Morgan fingerprint density at radius 2 is 2.17 bits per heavy atom. The molecule has 0 saturated carbocycles. The van der Waals surface area contributed by atoms with E-state index in [-0.39, 0.29) is 6.54 Å². The first-order valence-corrected chi connectivity index (χ1v) is 6.34. The van der Waals surface area contributed by atoms with E-state index in [1.54, 1.807) is 0 Å². The van der Waals surface area contributed by atoms with Crippen molar-refractivity contribution >= 4 is 15.7 Å². The Morgan fingerprint density at radius 3 is 2.67 bits per heavy atom. The Labute approximate surface area is 102 Å². The molecule has 0 heterocycles. The summed E-state index contributed by atoms with van der Waals surface area (Å²) >= 11 is 0. The average molecular weight is 278 g/mol. The summed E-state index contributed by atoms with van der Waals surface area (Å²) < 4.78 is 38.4. The largest absolute Gasteiger partial charge is 0.392 e. The molecule has 0 spiro atoms. The SMILES string of the molecule is CC(O)CNS(=O)(=O)c1ccc(F)c([N+](=O)[O-])c1. The van der Waals surface area contributed by atoms with E-state index in [1.807, 2.05) is 4.72 Å². The Morgan fingerprint density at radius 1 is 1.56 bits per heavy atom. The number of rotatable bonds is 5. The lowest BCUT2D eigenvalue weighted by Gasteiger charge is -2.08. The number of nitro groups is 1. The summed E-state index contributed by atoms with van der Waals surface area (Å²) in [5.41, 5.74) is -0.921. The highest BCUT2D eigenvalue weighted by Gasteiger charge is 2.21. The van der Waals surface area contributed by atoms with Crippen molar-refractivity contribution in [2.75, 3.05) is 6.54 Å². The van der Waals surface area contributed by atoms with Gasteiger partial charge in [0.25, 0.3) is 0 Å². The second-order valence-electron chi connectivity index (χ2n) is 3.57. The van der Waals surface area contributed by atoms with Crippen LogP contribution in [0.2, 0.25) is 0 Å². The molecule has 0 aliphatic carbocycles. The fraction of sp³-hybridized carbons (Fsp3) is 0.333. The molecular weight excluding hydrogens is 267 g/mol. The molecule has 0 amide bonds. The van der Waals surface area contributed by atoms with E-state index in [1.165, 1.54) is 6.92 Å². The van der Waals surface area contributed by atoms with Crippen LogP contribution in [0.1, 0.15) is 6.92 Å². The fourth-order valence-electron chi connectivity index (χ4n) is 1.11. The van der Waals surface area contributed by atoms with Crippen LogP contribution in [0.4, 0.5) is 10.1 Å². The molecule has 7 nitrogen and oxygen atoms in total. The van der Waals surface area contributed by atoms with Crippen molar-refractivity contribution in [3.05, 3.63) is 34.1 Å². The van der Waals surface area contributed by atoms with Gasteiger partial charge in [-0.15, -0.1) is 0 Å². The van der Waals surface area contributed by atoms with Gasteiger partial charge in [0.05, 0.1) is 15.9 Å². The Hall–Kier alpha value is -1.58. The molecule has 100 valence electrons. The minimum atomic E-state index is -4.01. The van der Waals surface area contributed by atoms with Crippen LogP contribution >= 0.6 is 0 Å². The van der Waals surface area contributed by atoms with E-state index >= 15 is 0 Å². The smallest absolute Gasteiger partial charge is 0.306 e. The van der Waals surface area contributed by atoms with Gasteiger partial charge in [-0.05, 0) is 19.1 Å². The van der Waals surface area contributed by atoms with E-state index in [4.69, 9.17) is 5.11 Å². The van der Waals surface area contributed by atoms with E-state index in [9.17, 15) is 22.9 Å². The third-order valence-electron chi connectivity index (χ3n) is 1.99. The molecule has 0 bridgehead atoms. The number of sulfonamides is 1. The molecular formula is C9H11FN2O5S. The molecule has 0 aliphatic rings. The monoisotopic (exact) mass is 278 g/mol. The lowest BCUT2D eigenvalue weighted by molar-refractivity contribution is -0.387. The second-order valence-corrected chi connectivity index (χ2v) is 5.34. The van der Waals surface area contributed by atoms with E-state index in [0.717, 1.165) is 6.07 Å². The maximum Gasteiger partial charge on any atom is 0.306 e. The zero-order valence-electron chi connectivity index (χ0n) is 9.33. The van der Waals surface area contributed by atoms with Gasteiger partial charge in [-0.3, -0.25) is 10.1 Å². The highest BCUT2D eigenvalue weighted by Crippen LogP contribution is 2.21. The highest BCUT2D eigenvalue weighted by atomic mass is 32.2. The minimum Gasteiger partial charge on any atom is -0.392 e. The van der Waals surface area contributed by atoms with Crippen LogP contribution < -0.4 is 4.72 Å². The molecule has 1 rings (SSSR count). The molecule has 2 N–H and O–H groups in total. The Balaban J connectivity index is 3.10. The summed E-state index contributed by atoms with van der Waals surface area (Å²) in [6, 6.07) is 2.24. The number of hydrogen-bond acceptors (Lipinski definition) is 5. The van der Waals surface area contributed by atoms with Crippen LogP contribution in [-0.4, -0.2) is 31.1 Å². The van der Waals surface area contributed by atoms with E-state index in [2.05, 4.69) is 0 Å². The molecule has 0 saturated heterocycles. The van der Waals surface area contributed by atoms with Crippen molar-refractivity contribution < 1.29 is 22.8 Å². The first kappa shape index (κ1) is 14.5. The number of aliphatic hydroxyl groups is 1. The first-order valence-electron chi connectivity index (χ1n) is 4.85. The van der Waals surface area contributed by atoms with Gasteiger partial charge in [-0.2, -0.15) is 4.39 Å². The summed E-state index contributed by atoms with van der Waals surface area (Å²) in [5, 5.41) is 19.4. The predicted octanol–water partition coefficient (Wildman–Crippen LogP) is 0.393. The van der Waals surface area contributed by atoms with Gasteiger partial charge < -0.3 is 5.11 Å². The van der Waals surface area contributed by atoms with Crippen molar-refractivity contribution in [1.29, 1.82) is 0 Å². The minimum absolute atomic E-state index is 0.243. The van der Waals surface area contributed by atoms with Gasteiger partial charge in [-0.1, -0.05) is 0 Å². The molecule has 0 fully saturated rings. The molecule has 1 atom stereocenters. The zero-order valence-corrected chi connectivity index (χ0v) is 10.1. The van der Waals surface area contributed by atoms with Crippen LogP contribution in [0.5, 0.6) is 0 Å². The third-order valence-corrected chi connectivity index (χ3v) is 3.41. The Kier molecular flexibility index (Phi) is 4.33. The van der Waals surface area contributed by atoms with Crippen molar-refractivity contribution in [3.8, 4) is 0 Å². The lowest BCUT2D eigenvalue weighted by atomic mass is 10.3. The normalized spacial score (nSPS) is 13.3. The molecule has 1 aromatic carbocycles. The lowest BCUT2D eigenvalue weighted by Crippen LogP contribution is -2.30.